The van der Waals surface area contributed by atoms with E-state index in [9.17, 15) is 4.79 Å². The minimum Gasteiger partial charge on any atom is -0.496 e. The zero-order valence-electron chi connectivity index (χ0n) is 16.3. The maximum Gasteiger partial charge on any atom is 0.263 e. The molecule has 0 saturated carbocycles. The minimum atomic E-state index is 0.0524. The van der Waals surface area contributed by atoms with Crippen LogP contribution in [0, 0.1) is 6.92 Å². The van der Waals surface area contributed by atoms with Crippen LogP contribution in [-0.4, -0.2) is 16.7 Å². The van der Waals surface area contributed by atoms with E-state index in [-0.39, 0.29) is 5.56 Å². The fraction of sp³-hybridized carbons (Fsp3) is 0.167. The van der Waals surface area contributed by atoms with Crippen molar-refractivity contribution in [3.63, 3.8) is 0 Å². The van der Waals surface area contributed by atoms with Crippen molar-refractivity contribution in [1.82, 2.24) is 9.55 Å². The van der Waals surface area contributed by atoms with Crippen molar-refractivity contribution in [3.8, 4) is 16.9 Å². The number of ether oxygens (including phenoxy) is 1. The van der Waals surface area contributed by atoms with E-state index in [1.54, 1.807) is 18.4 Å². The molecule has 2 aromatic heterocycles. The van der Waals surface area contributed by atoms with Gasteiger partial charge in [-0.15, -0.1) is 11.3 Å². The van der Waals surface area contributed by atoms with Gasteiger partial charge < -0.3 is 4.74 Å². The number of methoxy groups -OCH3 is 1. The lowest BCUT2D eigenvalue weighted by Gasteiger charge is -2.07. The number of rotatable bonds is 3. The predicted molar refractivity (Wildman–Crippen MR) is 120 cm³/mol. The van der Waals surface area contributed by atoms with E-state index in [1.165, 1.54) is 0 Å². The summed E-state index contributed by atoms with van der Waals surface area (Å²) in [6, 6.07) is 18.0. The first kappa shape index (κ1) is 17.9. The first-order valence-corrected chi connectivity index (χ1v) is 10.4. The van der Waals surface area contributed by atoms with Crippen LogP contribution in [0.1, 0.15) is 22.7 Å². The van der Waals surface area contributed by atoms with Crippen LogP contribution in [0.4, 0.5) is 0 Å². The fourth-order valence-electron chi connectivity index (χ4n) is 4.05. The summed E-state index contributed by atoms with van der Waals surface area (Å²) in [5.41, 5.74) is 4.21. The number of allylic oxidation sites excluding steroid dienone is 1. The van der Waals surface area contributed by atoms with E-state index in [0.717, 1.165) is 55.4 Å². The van der Waals surface area contributed by atoms with Crippen molar-refractivity contribution in [2.75, 3.05) is 7.11 Å². The maximum atomic E-state index is 13.4. The highest BCUT2D eigenvalue weighted by Crippen LogP contribution is 2.38. The summed E-state index contributed by atoms with van der Waals surface area (Å²) >= 11 is 1.59. The average Bonchev–Trinajstić information content (AvgIpc) is 3.30. The lowest BCUT2D eigenvalue weighted by molar-refractivity contribution is 0.414. The molecule has 0 spiro atoms. The van der Waals surface area contributed by atoms with Gasteiger partial charge >= 0.3 is 0 Å². The molecule has 0 amide bonds. The number of para-hydroxylation sites is 1. The number of hydrogen-bond acceptors (Lipinski definition) is 4. The van der Waals surface area contributed by atoms with Crippen LogP contribution in [0.5, 0.6) is 5.75 Å². The van der Waals surface area contributed by atoms with Crippen molar-refractivity contribution in [1.29, 1.82) is 0 Å². The smallest absolute Gasteiger partial charge is 0.263 e. The van der Waals surface area contributed by atoms with Crippen LogP contribution < -0.4 is 10.3 Å². The monoisotopic (exact) mass is 400 g/mol. The number of nitrogens with zero attached hydrogens (tertiary/aromatic N) is 2. The zero-order valence-corrected chi connectivity index (χ0v) is 17.1. The molecule has 0 aliphatic carbocycles. The van der Waals surface area contributed by atoms with Gasteiger partial charge in [0, 0.05) is 22.5 Å². The molecule has 0 atom stereocenters. The molecular weight excluding hydrogens is 380 g/mol. The van der Waals surface area contributed by atoms with Crippen LogP contribution >= 0.6 is 11.3 Å². The third-order valence-electron chi connectivity index (χ3n) is 5.41. The average molecular weight is 401 g/mol. The Morgan fingerprint density at radius 2 is 1.86 bits per heavy atom. The molecule has 1 aliphatic rings. The van der Waals surface area contributed by atoms with E-state index in [0.29, 0.717) is 6.54 Å². The Kier molecular flexibility index (Phi) is 4.32. The van der Waals surface area contributed by atoms with Crippen LogP contribution in [0.2, 0.25) is 0 Å². The van der Waals surface area contributed by atoms with Crippen LogP contribution in [-0.2, 0) is 6.54 Å². The maximum absolute atomic E-state index is 13.4. The Bertz CT molecular complexity index is 1320. The minimum absolute atomic E-state index is 0.0524. The Morgan fingerprint density at radius 1 is 1.10 bits per heavy atom. The van der Waals surface area contributed by atoms with E-state index >= 15 is 0 Å². The van der Waals surface area contributed by atoms with Crippen molar-refractivity contribution in [3.05, 3.63) is 81.2 Å². The van der Waals surface area contributed by atoms with Gasteiger partial charge in [-0.25, -0.2) is 4.98 Å². The van der Waals surface area contributed by atoms with E-state index < -0.39 is 0 Å². The largest absolute Gasteiger partial charge is 0.496 e. The lowest BCUT2D eigenvalue weighted by atomic mass is 10.0. The van der Waals surface area contributed by atoms with Crippen LogP contribution in [0.15, 0.2) is 59.4 Å². The van der Waals surface area contributed by atoms with Gasteiger partial charge in [0.25, 0.3) is 5.56 Å². The van der Waals surface area contributed by atoms with Gasteiger partial charge in [0.1, 0.15) is 16.4 Å². The SMILES string of the molecule is COc1ccccc1/C=C1\CCn2c1nc1sc(C)c(-c3ccccc3)c1c2=O. The molecule has 144 valence electrons. The second-order valence-corrected chi connectivity index (χ2v) is 8.34. The Labute approximate surface area is 172 Å². The van der Waals surface area contributed by atoms with Gasteiger partial charge in [-0.2, -0.15) is 0 Å². The molecule has 29 heavy (non-hydrogen) atoms. The normalized spacial score (nSPS) is 14.5. The highest BCUT2D eigenvalue weighted by atomic mass is 32.1. The predicted octanol–water partition coefficient (Wildman–Crippen LogP) is 5.39. The highest BCUT2D eigenvalue weighted by molar-refractivity contribution is 7.19. The second-order valence-electron chi connectivity index (χ2n) is 7.13. The van der Waals surface area contributed by atoms with Crippen molar-refractivity contribution < 1.29 is 4.74 Å². The molecule has 3 heterocycles. The van der Waals surface area contributed by atoms with Gasteiger partial charge in [0.15, 0.2) is 0 Å². The van der Waals surface area contributed by atoms with Crippen molar-refractivity contribution >= 4 is 33.2 Å². The summed E-state index contributed by atoms with van der Waals surface area (Å²) in [5.74, 6) is 1.59. The summed E-state index contributed by atoms with van der Waals surface area (Å²) in [6.07, 6.45) is 2.88. The second kappa shape index (κ2) is 7.01. The van der Waals surface area contributed by atoms with Crippen LogP contribution in [0.3, 0.4) is 0 Å². The number of hydrogen-bond donors (Lipinski definition) is 0. The number of aryl methyl sites for hydroxylation is 1. The van der Waals surface area contributed by atoms with E-state index in [4.69, 9.17) is 9.72 Å². The first-order valence-electron chi connectivity index (χ1n) is 9.60. The number of benzene rings is 2. The van der Waals surface area contributed by atoms with Gasteiger partial charge in [-0.05, 0) is 36.6 Å². The fourth-order valence-corrected chi connectivity index (χ4v) is 5.09. The summed E-state index contributed by atoms with van der Waals surface area (Å²) in [4.78, 5) is 20.3. The third kappa shape index (κ3) is 2.89. The quantitative estimate of drug-likeness (QED) is 0.463. The third-order valence-corrected chi connectivity index (χ3v) is 6.41. The number of fused-ring (bicyclic) bond motifs is 2. The molecule has 0 bridgehead atoms. The highest BCUT2D eigenvalue weighted by Gasteiger charge is 2.25. The molecule has 4 aromatic rings. The molecule has 1 aliphatic heterocycles. The van der Waals surface area contributed by atoms with Gasteiger partial charge in [-0.3, -0.25) is 9.36 Å². The summed E-state index contributed by atoms with van der Waals surface area (Å²) < 4.78 is 7.30. The van der Waals surface area contributed by atoms with Gasteiger partial charge in [0.2, 0.25) is 0 Å². The molecule has 5 rings (SSSR count). The Morgan fingerprint density at radius 3 is 2.66 bits per heavy atom. The number of thiophene rings is 1. The molecule has 0 radical (unpaired) electrons. The molecule has 2 aromatic carbocycles. The standard InChI is InChI=1S/C24H20N2O2S/c1-15-20(16-8-4-3-5-9-16)21-23(29-15)25-22-18(12-13-26(22)24(21)27)14-17-10-6-7-11-19(17)28-2/h3-11,14H,12-13H2,1-2H3/b18-14+. The van der Waals surface area contributed by atoms with Crippen molar-refractivity contribution in [2.24, 2.45) is 0 Å². The molecule has 0 N–H and O–H groups in total. The summed E-state index contributed by atoms with van der Waals surface area (Å²) in [5, 5.41) is 0.737. The number of aromatic nitrogens is 2. The van der Waals surface area contributed by atoms with Crippen LogP contribution in [0.25, 0.3) is 33.0 Å². The lowest BCUT2D eigenvalue weighted by Crippen LogP contribution is -2.20. The van der Waals surface area contributed by atoms with E-state index in [1.807, 2.05) is 47.0 Å². The molecule has 4 nitrogen and oxygen atoms in total. The summed E-state index contributed by atoms with van der Waals surface area (Å²) in [6.45, 7) is 2.72. The molecule has 0 fully saturated rings. The molecule has 0 unspecified atom stereocenters. The molecular formula is C24H20N2O2S. The van der Waals surface area contributed by atoms with Gasteiger partial charge in [0.05, 0.1) is 12.5 Å². The Hall–Kier alpha value is -3.18. The molecule has 5 heteroatoms. The molecule has 0 saturated heterocycles. The Balaban J connectivity index is 1.71. The first-order chi connectivity index (χ1) is 14.2. The van der Waals surface area contributed by atoms with Gasteiger partial charge in [-0.1, -0.05) is 48.5 Å². The van der Waals surface area contributed by atoms with Crippen molar-refractivity contribution in [2.45, 2.75) is 19.9 Å². The summed E-state index contributed by atoms with van der Waals surface area (Å²) in [7, 11) is 1.67. The van der Waals surface area contributed by atoms with E-state index in [2.05, 4.69) is 25.1 Å². The topological polar surface area (TPSA) is 44.1 Å². The zero-order chi connectivity index (χ0) is 20.0.